The molecule has 1 aliphatic rings. The molecule has 1 aromatic carbocycles. The van der Waals surface area contributed by atoms with Gasteiger partial charge in [0.25, 0.3) is 0 Å². The molecule has 2 atom stereocenters. The molecular weight excluding hydrogens is 447 g/mol. The Morgan fingerprint density at radius 3 is 2.28 bits per heavy atom. The summed E-state index contributed by atoms with van der Waals surface area (Å²) in [7, 11) is 8.17. The number of benzene rings is 1. The van der Waals surface area contributed by atoms with Crippen LogP contribution in [0.15, 0.2) is 24.4 Å². The highest BCUT2D eigenvalue weighted by atomic mass is 16.5. The summed E-state index contributed by atoms with van der Waals surface area (Å²) in [6.45, 7) is 2.93. The van der Waals surface area contributed by atoms with E-state index in [1.54, 1.807) is 13.3 Å². The number of fused-ring (bicyclic) bond motifs is 1. The Hall–Kier alpha value is -1.95. The maximum atomic E-state index is 13.1. The van der Waals surface area contributed by atoms with Crippen LogP contribution in [0.1, 0.15) is 115 Å². The molecule has 2 radical (unpaired) electrons. The monoisotopic (exact) mass is 494 g/mol. The molecule has 0 bridgehead atoms. The highest BCUT2D eigenvalue weighted by molar-refractivity contribution is 6.17. The first-order valence-corrected chi connectivity index (χ1v) is 14.4. The average molecular weight is 495 g/mol. The molecule has 1 aliphatic heterocycles. The molecule has 36 heavy (non-hydrogen) atoms. The van der Waals surface area contributed by atoms with Crippen molar-refractivity contribution >= 4 is 24.7 Å². The number of nitrogens with one attached hydrogen (secondary N) is 1. The van der Waals surface area contributed by atoms with E-state index >= 15 is 0 Å². The van der Waals surface area contributed by atoms with Gasteiger partial charge in [0.2, 0.25) is 5.91 Å². The first-order valence-electron chi connectivity index (χ1n) is 14.4. The number of amides is 1. The molecule has 1 fully saturated rings. The normalized spacial score (nSPS) is 17.5. The second-order valence-electron chi connectivity index (χ2n) is 10.7. The van der Waals surface area contributed by atoms with Gasteiger partial charge in [0.15, 0.2) is 0 Å². The Morgan fingerprint density at radius 1 is 1.06 bits per heavy atom. The molecule has 2 heterocycles. The number of aromatic nitrogens is 1. The maximum Gasteiger partial charge on any atom is 0.222 e. The molecular formula is C30H47BN2O3. The van der Waals surface area contributed by atoms with Crippen molar-refractivity contribution < 1.29 is 14.6 Å². The summed E-state index contributed by atoms with van der Waals surface area (Å²) in [5, 5.41) is 12.3. The number of nitrogens with zero attached hydrogens (tertiary/aromatic N) is 1. The molecule has 2 aromatic rings. The molecule has 0 spiro atoms. The Morgan fingerprint density at radius 2 is 1.67 bits per heavy atom. The average Bonchev–Trinajstić information content (AvgIpc) is 3.54. The number of carbonyl (C=O) groups excluding carboxylic acids is 1. The molecule has 6 heteroatoms. The first kappa shape index (κ1) is 28.6. The Bertz CT molecular complexity index is 926. The van der Waals surface area contributed by atoms with Crippen LogP contribution in [0.4, 0.5) is 0 Å². The number of H-pyrrole nitrogens is 1. The van der Waals surface area contributed by atoms with Crippen molar-refractivity contribution in [3.63, 3.8) is 0 Å². The number of likely N-dealkylation sites (tertiary alicyclic amines) is 1. The Kier molecular flexibility index (Phi) is 11.7. The number of aromatic amines is 1. The highest BCUT2D eigenvalue weighted by Gasteiger charge is 2.42. The van der Waals surface area contributed by atoms with Crippen LogP contribution in [-0.4, -0.2) is 48.4 Å². The molecule has 1 amide bonds. The van der Waals surface area contributed by atoms with E-state index in [-0.39, 0.29) is 5.91 Å². The fourth-order valence-electron chi connectivity index (χ4n) is 5.70. The molecule has 198 valence electrons. The predicted octanol–water partition coefficient (Wildman–Crippen LogP) is 6.96. The van der Waals surface area contributed by atoms with Crippen molar-refractivity contribution in [1.82, 2.24) is 9.88 Å². The van der Waals surface area contributed by atoms with Gasteiger partial charge in [-0.15, -0.1) is 0 Å². The van der Waals surface area contributed by atoms with Crippen molar-refractivity contribution in [2.75, 3.05) is 13.7 Å². The zero-order valence-electron chi connectivity index (χ0n) is 22.7. The van der Waals surface area contributed by atoms with E-state index < -0.39 is 11.5 Å². The van der Waals surface area contributed by atoms with E-state index in [0.29, 0.717) is 30.7 Å². The van der Waals surface area contributed by atoms with E-state index in [9.17, 15) is 9.90 Å². The summed E-state index contributed by atoms with van der Waals surface area (Å²) in [6.07, 6.45) is 20.6. The van der Waals surface area contributed by atoms with Crippen molar-refractivity contribution in [2.45, 2.75) is 121 Å². The predicted molar refractivity (Wildman–Crippen MR) is 150 cm³/mol. The standard InChI is InChI=1S/C30H47BN2O3/c1-3-4-5-6-7-8-9-10-11-12-13-14-15-18-29(34)33-21-16-17-28(33)30(31,35)26-23-32-27-20-19-24(36-2)22-25(26)27/h19-20,22-23,28,32,35H,3-18,21H2,1-2H3. The lowest BCUT2D eigenvalue weighted by atomic mass is 9.69. The molecule has 5 nitrogen and oxygen atoms in total. The lowest BCUT2D eigenvalue weighted by Gasteiger charge is -2.37. The zero-order valence-corrected chi connectivity index (χ0v) is 22.7. The minimum Gasteiger partial charge on any atom is -0.497 e. The summed E-state index contributed by atoms with van der Waals surface area (Å²) < 4.78 is 5.36. The van der Waals surface area contributed by atoms with Gasteiger partial charge in [-0.3, -0.25) is 4.79 Å². The lowest BCUT2D eigenvalue weighted by molar-refractivity contribution is -0.135. The van der Waals surface area contributed by atoms with Crippen LogP contribution < -0.4 is 4.74 Å². The van der Waals surface area contributed by atoms with E-state index in [2.05, 4.69) is 11.9 Å². The van der Waals surface area contributed by atoms with Crippen LogP contribution >= 0.6 is 0 Å². The van der Waals surface area contributed by atoms with Crippen LogP contribution in [-0.2, 0) is 10.3 Å². The van der Waals surface area contributed by atoms with Gasteiger partial charge >= 0.3 is 0 Å². The lowest BCUT2D eigenvalue weighted by Crippen LogP contribution is -2.50. The van der Waals surface area contributed by atoms with E-state index in [4.69, 9.17) is 12.6 Å². The minimum absolute atomic E-state index is 0.113. The topological polar surface area (TPSA) is 65.6 Å². The van der Waals surface area contributed by atoms with Gasteiger partial charge in [0.05, 0.1) is 18.7 Å². The van der Waals surface area contributed by atoms with Crippen molar-refractivity contribution in [2.24, 2.45) is 0 Å². The zero-order chi connectivity index (χ0) is 25.8. The third-order valence-electron chi connectivity index (χ3n) is 7.90. The summed E-state index contributed by atoms with van der Waals surface area (Å²) >= 11 is 0. The van der Waals surface area contributed by atoms with Gasteiger partial charge in [0.1, 0.15) is 13.6 Å². The summed E-state index contributed by atoms with van der Waals surface area (Å²) in [5.41, 5.74) is -0.119. The highest BCUT2D eigenvalue weighted by Crippen LogP contribution is 2.37. The molecule has 1 aromatic heterocycles. The van der Waals surface area contributed by atoms with Gasteiger partial charge in [0, 0.05) is 35.6 Å². The van der Waals surface area contributed by atoms with Gasteiger partial charge in [-0.1, -0.05) is 84.0 Å². The van der Waals surface area contributed by atoms with Crippen LogP contribution in [0.5, 0.6) is 5.75 Å². The SMILES string of the molecule is [B]C(O)(c1c[nH]c2ccc(OC)cc12)C1CCCN1C(=O)CCCCCCCCCCCCCCC. The van der Waals surface area contributed by atoms with E-state index in [0.717, 1.165) is 30.2 Å². The van der Waals surface area contributed by atoms with Crippen LogP contribution in [0.2, 0.25) is 0 Å². The van der Waals surface area contributed by atoms with Crippen molar-refractivity contribution in [3.8, 4) is 5.75 Å². The number of methoxy groups -OCH3 is 1. The molecule has 3 rings (SSSR count). The van der Waals surface area contributed by atoms with Crippen LogP contribution in [0.25, 0.3) is 10.9 Å². The third kappa shape index (κ3) is 7.78. The molecule has 2 N–H and O–H groups in total. The Labute approximate surface area is 219 Å². The molecule has 0 saturated carbocycles. The molecule has 2 unspecified atom stereocenters. The number of ether oxygens (including phenoxy) is 1. The largest absolute Gasteiger partial charge is 0.497 e. The summed E-state index contributed by atoms with van der Waals surface area (Å²) in [6, 6.07) is 5.25. The third-order valence-corrected chi connectivity index (χ3v) is 7.90. The van der Waals surface area contributed by atoms with Gasteiger partial charge < -0.3 is 19.7 Å². The van der Waals surface area contributed by atoms with Crippen LogP contribution in [0, 0.1) is 0 Å². The Balaban J connectivity index is 1.38. The second kappa shape index (κ2) is 14.7. The quantitative estimate of drug-likeness (QED) is 0.185. The fourth-order valence-corrected chi connectivity index (χ4v) is 5.70. The van der Waals surface area contributed by atoms with E-state index in [1.807, 2.05) is 23.1 Å². The van der Waals surface area contributed by atoms with Gasteiger partial charge in [-0.05, 0) is 37.5 Å². The number of aliphatic hydroxyl groups is 1. The van der Waals surface area contributed by atoms with E-state index in [1.165, 1.54) is 70.6 Å². The van der Waals surface area contributed by atoms with Crippen LogP contribution in [0.3, 0.4) is 0 Å². The van der Waals surface area contributed by atoms with Gasteiger partial charge in [-0.25, -0.2) is 0 Å². The van der Waals surface area contributed by atoms with Gasteiger partial charge in [-0.2, -0.15) is 0 Å². The maximum absolute atomic E-state index is 13.1. The molecule has 0 aliphatic carbocycles. The number of hydrogen-bond acceptors (Lipinski definition) is 3. The van der Waals surface area contributed by atoms with Crippen molar-refractivity contribution in [1.29, 1.82) is 0 Å². The number of rotatable bonds is 17. The molecule has 1 saturated heterocycles. The van der Waals surface area contributed by atoms with Crippen molar-refractivity contribution in [3.05, 3.63) is 30.0 Å². The number of hydrogen-bond donors (Lipinski definition) is 2. The number of carbonyl (C=O) groups is 1. The summed E-state index contributed by atoms with van der Waals surface area (Å²) in [5.74, 6) is 0.822. The minimum atomic E-state index is -1.62. The smallest absolute Gasteiger partial charge is 0.222 e. The second-order valence-corrected chi connectivity index (χ2v) is 10.7. The summed E-state index contributed by atoms with van der Waals surface area (Å²) in [4.78, 5) is 18.1. The first-order chi connectivity index (χ1) is 17.5. The number of unbranched alkanes of at least 4 members (excludes halogenated alkanes) is 12. The fraction of sp³-hybridized carbons (Fsp3) is 0.700.